The van der Waals surface area contributed by atoms with Crippen LogP contribution in [0.25, 0.3) is 0 Å². The zero-order valence-electron chi connectivity index (χ0n) is 1.66. The van der Waals surface area contributed by atoms with Gasteiger partial charge in [-0.2, -0.15) is 0 Å². The molecule has 0 rings (SSSR count). The third-order valence-corrected chi connectivity index (χ3v) is 0. The second kappa shape index (κ2) is 2.42. The summed E-state index contributed by atoms with van der Waals surface area (Å²) in [5, 5.41) is 0. The van der Waals surface area contributed by atoms with Gasteiger partial charge in [0.2, 0.25) is 0 Å². The average Bonchev–Trinajstić information content (AvgIpc) is 0.811. The number of hydrogen-bond acceptors (Lipinski definition) is 1. The van der Waals surface area contributed by atoms with Crippen molar-refractivity contribution in [2.45, 2.75) is 0 Å². The molecule has 4 heavy (non-hydrogen) atoms. The number of halogens is 2. The van der Waals surface area contributed by atoms with E-state index in [0.29, 0.717) is 0 Å². The predicted octanol–water partition coefficient (Wildman–Crippen LogP) is 0.879. The van der Waals surface area contributed by atoms with Gasteiger partial charge in [-0.1, -0.05) is 0 Å². The molecule has 1 nitrogen and oxygen atoms in total. The summed E-state index contributed by atoms with van der Waals surface area (Å²) in [7, 11) is 9.36. The Labute approximate surface area is 38.4 Å². The van der Waals surface area contributed by atoms with Gasteiger partial charge in [0.25, 0.3) is 0 Å². The molecular formula is Cl2OSn. The molecule has 0 saturated heterocycles. The van der Waals surface area contributed by atoms with E-state index in [1.165, 1.54) is 0 Å². The van der Waals surface area contributed by atoms with Crippen LogP contribution in [-0.4, -0.2) is 17.5 Å². The van der Waals surface area contributed by atoms with Crippen LogP contribution in [0.4, 0.5) is 0 Å². The third kappa shape index (κ3) is 10.9. The molecule has 0 heterocycles. The van der Waals surface area contributed by atoms with Crippen LogP contribution in [0, 0.1) is 0 Å². The molecule has 24 valence electrons. The molecule has 0 saturated carbocycles. The van der Waals surface area contributed by atoms with E-state index in [1.54, 1.807) is 0 Å². The molecule has 0 aliphatic rings. The first-order valence-electron chi connectivity index (χ1n) is 0.582. The van der Waals surface area contributed by atoms with E-state index in [1.807, 2.05) is 0 Å². The van der Waals surface area contributed by atoms with Crippen molar-refractivity contribution in [3.05, 3.63) is 0 Å². The van der Waals surface area contributed by atoms with Crippen molar-refractivity contribution in [3.8, 4) is 0 Å². The SMILES string of the molecule is [O]=[Sn]([Cl])[Cl]. The van der Waals surface area contributed by atoms with E-state index in [9.17, 15) is 3.08 Å². The van der Waals surface area contributed by atoms with Crippen LogP contribution >= 0.6 is 17.8 Å². The van der Waals surface area contributed by atoms with Gasteiger partial charge in [-0.05, 0) is 0 Å². The molecule has 0 spiro atoms. The molecule has 0 amide bonds. The van der Waals surface area contributed by atoms with E-state index in [-0.39, 0.29) is 0 Å². The maximum absolute atomic E-state index is 9.26. The molecule has 4 heteroatoms. The van der Waals surface area contributed by atoms with Crippen LogP contribution in [0.2, 0.25) is 0 Å². The first-order chi connectivity index (χ1) is 1.73. The molecule has 0 bridgehead atoms. The van der Waals surface area contributed by atoms with Gasteiger partial charge in [0.1, 0.15) is 0 Å². The van der Waals surface area contributed by atoms with Crippen LogP contribution in [0.5, 0.6) is 0 Å². The summed E-state index contributed by atoms with van der Waals surface area (Å²) in [6, 6.07) is 0. The number of hydrogen-bond donors (Lipinski definition) is 0. The Morgan fingerprint density at radius 3 is 1.50 bits per heavy atom. The van der Waals surface area contributed by atoms with Crippen molar-refractivity contribution >= 4 is 35.3 Å². The van der Waals surface area contributed by atoms with Crippen LogP contribution in [-0.2, 0) is 3.08 Å². The van der Waals surface area contributed by atoms with E-state index >= 15 is 0 Å². The summed E-state index contributed by atoms with van der Waals surface area (Å²) in [5.41, 5.74) is 0. The Kier molecular flexibility index (Phi) is 3.13. The van der Waals surface area contributed by atoms with Crippen LogP contribution in [0.15, 0.2) is 0 Å². The fraction of sp³-hybridized carbons (Fsp3) is 0. The zero-order chi connectivity index (χ0) is 3.58. The summed E-state index contributed by atoms with van der Waals surface area (Å²) >= 11 is -2.85. The molecule has 0 aliphatic carbocycles. The zero-order valence-corrected chi connectivity index (χ0v) is 6.03. The van der Waals surface area contributed by atoms with Crippen molar-refractivity contribution in [1.29, 1.82) is 0 Å². The van der Waals surface area contributed by atoms with Gasteiger partial charge in [-0.15, -0.1) is 0 Å². The van der Waals surface area contributed by atoms with Crippen LogP contribution < -0.4 is 0 Å². The molecule has 0 aromatic heterocycles. The summed E-state index contributed by atoms with van der Waals surface area (Å²) in [6.07, 6.45) is 0. The van der Waals surface area contributed by atoms with Gasteiger partial charge in [-0.3, -0.25) is 0 Å². The fourth-order valence-electron chi connectivity index (χ4n) is 0. The van der Waals surface area contributed by atoms with Gasteiger partial charge in [0.15, 0.2) is 0 Å². The summed E-state index contributed by atoms with van der Waals surface area (Å²) < 4.78 is 9.26. The molecule has 0 aromatic carbocycles. The first kappa shape index (κ1) is 5.18. The molecule has 0 N–H and O–H groups in total. The molecule has 0 fully saturated rings. The molecule has 0 atom stereocenters. The van der Waals surface area contributed by atoms with Crippen molar-refractivity contribution in [3.63, 3.8) is 0 Å². The molecule has 0 aliphatic heterocycles. The first-order valence-corrected chi connectivity index (χ1v) is 8.98. The summed E-state index contributed by atoms with van der Waals surface area (Å²) in [6.45, 7) is 0. The molecular weight excluding hydrogens is 206 g/mol. The maximum atomic E-state index is 9.26. The second-order valence-corrected chi connectivity index (χ2v) is 7.42. The summed E-state index contributed by atoms with van der Waals surface area (Å²) in [5.74, 6) is 0. The minimum atomic E-state index is -2.85. The number of rotatable bonds is 0. The average molecular weight is 206 g/mol. The topological polar surface area (TPSA) is 17.1 Å². The standard InChI is InChI=1S/2ClH.O.Sn/h2*1H;;/q;;;+2/p-2. The van der Waals surface area contributed by atoms with Crippen molar-refractivity contribution in [2.24, 2.45) is 0 Å². The molecule has 0 radical (unpaired) electrons. The van der Waals surface area contributed by atoms with Gasteiger partial charge in [0, 0.05) is 0 Å². The second-order valence-electron chi connectivity index (χ2n) is 0.226. The fourth-order valence-corrected chi connectivity index (χ4v) is 0. The minimum absolute atomic E-state index is 2.85. The van der Waals surface area contributed by atoms with E-state index < -0.39 is 17.5 Å². The van der Waals surface area contributed by atoms with Crippen molar-refractivity contribution < 1.29 is 3.08 Å². The Morgan fingerprint density at radius 1 is 1.50 bits per heavy atom. The molecule has 0 unspecified atom stereocenters. The van der Waals surface area contributed by atoms with Crippen LogP contribution in [0.3, 0.4) is 0 Å². The van der Waals surface area contributed by atoms with Crippen molar-refractivity contribution in [1.82, 2.24) is 0 Å². The third-order valence-electron chi connectivity index (χ3n) is 0. The van der Waals surface area contributed by atoms with Gasteiger partial charge < -0.3 is 0 Å². The quantitative estimate of drug-likeness (QED) is 0.537. The van der Waals surface area contributed by atoms with Crippen molar-refractivity contribution in [2.75, 3.05) is 0 Å². The van der Waals surface area contributed by atoms with E-state index in [0.717, 1.165) is 0 Å². The Hall–Kier alpha value is 1.18. The van der Waals surface area contributed by atoms with Gasteiger partial charge in [0.05, 0.1) is 0 Å². The monoisotopic (exact) mass is 206 g/mol. The predicted molar refractivity (Wildman–Crippen MR) is 18.1 cm³/mol. The summed E-state index contributed by atoms with van der Waals surface area (Å²) in [4.78, 5) is 0. The van der Waals surface area contributed by atoms with E-state index in [2.05, 4.69) is 17.8 Å². The van der Waals surface area contributed by atoms with Gasteiger partial charge in [-0.25, -0.2) is 0 Å². The van der Waals surface area contributed by atoms with E-state index in [4.69, 9.17) is 0 Å². The molecule has 0 aromatic rings. The Morgan fingerprint density at radius 2 is 1.50 bits per heavy atom. The Balaban J connectivity index is 2.80. The van der Waals surface area contributed by atoms with Gasteiger partial charge >= 0.3 is 38.4 Å². The normalized spacial score (nSPS) is 6.50. The van der Waals surface area contributed by atoms with Crippen LogP contribution in [0.1, 0.15) is 0 Å². The Bertz CT molecular complexity index is 29.0.